The second-order valence-electron chi connectivity index (χ2n) is 6.30. The molecule has 1 aliphatic heterocycles. The van der Waals surface area contributed by atoms with Gasteiger partial charge in [-0.3, -0.25) is 4.79 Å². The highest BCUT2D eigenvalue weighted by Crippen LogP contribution is 2.19. The molecule has 4 nitrogen and oxygen atoms in total. The number of likely N-dealkylation sites (tertiary alicyclic amines) is 1. The summed E-state index contributed by atoms with van der Waals surface area (Å²) >= 11 is 0. The first-order chi connectivity index (χ1) is 10.2. The minimum absolute atomic E-state index is 0.00383. The van der Waals surface area contributed by atoms with E-state index >= 15 is 0 Å². The van der Waals surface area contributed by atoms with Gasteiger partial charge in [0, 0.05) is 18.5 Å². The van der Waals surface area contributed by atoms with Crippen LogP contribution in [0.5, 0.6) is 0 Å². The summed E-state index contributed by atoms with van der Waals surface area (Å²) in [6.07, 6.45) is 1.54. The van der Waals surface area contributed by atoms with Crippen LogP contribution in [-0.4, -0.2) is 35.5 Å². The van der Waals surface area contributed by atoms with E-state index in [0.29, 0.717) is 12.1 Å². The summed E-state index contributed by atoms with van der Waals surface area (Å²) in [5.74, 6) is -0.323. The summed E-state index contributed by atoms with van der Waals surface area (Å²) < 4.78 is 18.2. The zero-order valence-electron chi connectivity index (χ0n) is 13.1. The molecule has 1 amide bonds. The van der Waals surface area contributed by atoms with E-state index in [1.165, 1.54) is 17.0 Å². The first kappa shape index (κ1) is 16.2. The van der Waals surface area contributed by atoms with E-state index in [4.69, 9.17) is 4.74 Å². The average molecular weight is 305 g/mol. The summed E-state index contributed by atoms with van der Waals surface area (Å²) in [6, 6.07) is 5.88. The zero-order valence-corrected chi connectivity index (χ0v) is 13.1. The van der Waals surface area contributed by atoms with Crippen molar-refractivity contribution < 1.29 is 18.7 Å². The molecule has 1 fully saturated rings. The molecule has 0 aromatic heterocycles. The van der Waals surface area contributed by atoms with Crippen molar-refractivity contribution in [3.63, 3.8) is 0 Å². The normalized spacial score (nSPS) is 17.7. The molecule has 0 unspecified atom stereocenters. The van der Waals surface area contributed by atoms with Crippen LogP contribution in [0.2, 0.25) is 0 Å². The second kappa shape index (κ2) is 6.30. The molecule has 0 atom stereocenters. The van der Waals surface area contributed by atoms with Gasteiger partial charge in [0.2, 0.25) is 0 Å². The van der Waals surface area contributed by atoms with Crippen molar-refractivity contribution in [2.45, 2.75) is 32.8 Å². The van der Waals surface area contributed by atoms with Crippen molar-refractivity contribution in [3.8, 4) is 0 Å². The Morgan fingerprint density at radius 2 is 1.91 bits per heavy atom. The SMILES string of the molecule is CC(C)(C)OC(=O)N1CCC(=O)C(=Cc2ccc(F)cc2)C1. The number of rotatable bonds is 1. The van der Waals surface area contributed by atoms with Crippen LogP contribution in [0.1, 0.15) is 32.8 Å². The zero-order chi connectivity index (χ0) is 16.3. The van der Waals surface area contributed by atoms with Crippen LogP contribution in [0.15, 0.2) is 29.8 Å². The Hall–Kier alpha value is -2.17. The van der Waals surface area contributed by atoms with Crippen LogP contribution in [0, 0.1) is 5.82 Å². The third-order valence-electron chi connectivity index (χ3n) is 3.19. The van der Waals surface area contributed by atoms with Gasteiger partial charge in [-0.2, -0.15) is 0 Å². The Kier molecular flexibility index (Phi) is 4.64. The number of carbonyl (C=O) groups excluding carboxylic acids is 2. The average Bonchev–Trinajstić information content (AvgIpc) is 2.41. The fraction of sp³-hybridized carbons (Fsp3) is 0.412. The maximum atomic E-state index is 12.9. The van der Waals surface area contributed by atoms with E-state index in [0.717, 1.165) is 5.56 Å². The summed E-state index contributed by atoms with van der Waals surface area (Å²) in [6.45, 7) is 5.97. The molecule has 0 N–H and O–H groups in total. The van der Waals surface area contributed by atoms with Gasteiger partial charge in [-0.15, -0.1) is 0 Å². The highest BCUT2D eigenvalue weighted by Gasteiger charge is 2.28. The van der Waals surface area contributed by atoms with Crippen LogP contribution in [0.25, 0.3) is 6.08 Å². The molecule has 0 saturated carbocycles. The van der Waals surface area contributed by atoms with E-state index in [1.807, 2.05) is 0 Å². The van der Waals surface area contributed by atoms with Gasteiger partial charge in [0.15, 0.2) is 5.78 Å². The largest absolute Gasteiger partial charge is 0.444 e. The lowest BCUT2D eigenvalue weighted by molar-refractivity contribution is -0.117. The van der Waals surface area contributed by atoms with Gasteiger partial charge >= 0.3 is 6.09 Å². The summed E-state index contributed by atoms with van der Waals surface area (Å²) in [4.78, 5) is 25.6. The number of nitrogens with zero attached hydrogens (tertiary/aromatic N) is 1. The molecule has 1 aliphatic rings. The van der Waals surface area contributed by atoms with E-state index in [-0.39, 0.29) is 24.6 Å². The maximum Gasteiger partial charge on any atom is 0.410 e. The van der Waals surface area contributed by atoms with Gasteiger partial charge in [0.25, 0.3) is 0 Å². The van der Waals surface area contributed by atoms with Gasteiger partial charge in [0.1, 0.15) is 11.4 Å². The predicted molar refractivity (Wildman–Crippen MR) is 81.8 cm³/mol. The smallest absolute Gasteiger partial charge is 0.410 e. The monoisotopic (exact) mass is 305 g/mol. The lowest BCUT2D eigenvalue weighted by Gasteiger charge is -2.30. The van der Waals surface area contributed by atoms with Crippen LogP contribution in [0.4, 0.5) is 9.18 Å². The van der Waals surface area contributed by atoms with Gasteiger partial charge in [-0.05, 0) is 44.5 Å². The Morgan fingerprint density at radius 3 is 2.50 bits per heavy atom. The lowest BCUT2D eigenvalue weighted by atomic mass is 10.0. The molecule has 0 bridgehead atoms. The Bertz CT molecular complexity index is 599. The fourth-order valence-corrected chi connectivity index (χ4v) is 2.14. The number of benzene rings is 1. The Labute approximate surface area is 129 Å². The standard InChI is InChI=1S/C17H20FNO3/c1-17(2,3)22-16(21)19-9-8-15(20)13(11-19)10-12-4-6-14(18)7-5-12/h4-7,10H,8-9,11H2,1-3H3. The first-order valence-electron chi connectivity index (χ1n) is 7.22. The molecular weight excluding hydrogens is 285 g/mol. The number of hydrogen-bond donors (Lipinski definition) is 0. The van der Waals surface area contributed by atoms with E-state index in [9.17, 15) is 14.0 Å². The van der Waals surface area contributed by atoms with E-state index < -0.39 is 11.7 Å². The number of ether oxygens (including phenoxy) is 1. The molecule has 0 radical (unpaired) electrons. The summed E-state index contributed by atoms with van der Waals surface area (Å²) in [7, 11) is 0. The fourth-order valence-electron chi connectivity index (χ4n) is 2.14. The van der Waals surface area contributed by atoms with Gasteiger partial charge in [-0.1, -0.05) is 12.1 Å². The Balaban J connectivity index is 2.12. The van der Waals surface area contributed by atoms with Crippen molar-refractivity contribution >= 4 is 18.0 Å². The van der Waals surface area contributed by atoms with E-state index in [2.05, 4.69) is 0 Å². The summed E-state index contributed by atoms with van der Waals surface area (Å²) in [5, 5.41) is 0. The molecule has 5 heteroatoms. The number of ketones is 1. The number of amides is 1. The van der Waals surface area contributed by atoms with Crippen molar-refractivity contribution in [1.82, 2.24) is 4.90 Å². The molecule has 2 rings (SSSR count). The summed E-state index contributed by atoms with van der Waals surface area (Å²) in [5.41, 5.74) is 0.693. The minimum Gasteiger partial charge on any atom is -0.444 e. The molecular formula is C17H20FNO3. The molecule has 1 heterocycles. The third kappa shape index (κ3) is 4.41. The van der Waals surface area contributed by atoms with Gasteiger partial charge in [0.05, 0.1) is 6.54 Å². The molecule has 0 spiro atoms. The van der Waals surface area contributed by atoms with Gasteiger partial charge in [-0.25, -0.2) is 9.18 Å². The van der Waals surface area contributed by atoms with Crippen LogP contribution < -0.4 is 0 Å². The van der Waals surface area contributed by atoms with Crippen molar-refractivity contribution in [1.29, 1.82) is 0 Å². The number of carbonyl (C=O) groups is 2. The molecule has 22 heavy (non-hydrogen) atoms. The molecule has 118 valence electrons. The number of halogens is 1. The maximum absolute atomic E-state index is 12.9. The highest BCUT2D eigenvalue weighted by molar-refractivity contribution is 6.01. The number of piperidine rings is 1. The first-order valence-corrected chi connectivity index (χ1v) is 7.22. The van der Waals surface area contributed by atoms with E-state index in [1.54, 1.807) is 39.0 Å². The molecule has 1 aromatic rings. The predicted octanol–water partition coefficient (Wildman–Crippen LogP) is 3.42. The van der Waals surface area contributed by atoms with Crippen LogP contribution >= 0.6 is 0 Å². The topological polar surface area (TPSA) is 46.6 Å². The van der Waals surface area contributed by atoms with Gasteiger partial charge < -0.3 is 9.64 Å². The van der Waals surface area contributed by atoms with Crippen molar-refractivity contribution in [3.05, 3.63) is 41.2 Å². The highest BCUT2D eigenvalue weighted by atomic mass is 19.1. The second-order valence-corrected chi connectivity index (χ2v) is 6.30. The number of hydrogen-bond acceptors (Lipinski definition) is 3. The Morgan fingerprint density at radius 1 is 1.27 bits per heavy atom. The minimum atomic E-state index is -0.570. The molecule has 0 aliphatic carbocycles. The lowest BCUT2D eigenvalue weighted by Crippen LogP contribution is -2.42. The molecule has 1 saturated heterocycles. The van der Waals surface area contributed by atoms with Crippen molar-refractivity contribution in [2.24, 2.45) is 0 Å². The van der Waals surface area contributed by atoms with Crippen molar-refractivity contribution in [2.75, 3.05) is 13.1 Å². The quantitative estimate of drug-likeness (QED) is 0.747. The van der Waals surface area contributed by atoms with Crippen LogP contribution in [0.3, 0.4) is 0 Å². The third-order valence-corrected chi connectivity index (χ3v) is 3.19. The molecule has 1 aromatic carbocycles. The van der Waals surface area contributed by atoms with Crippen LogP contribution in [-0.2, 0) is 9.53 Å². The number of Topliss-reactive ketones (excluding diaryl/α,β-unsaturated/α-hetero) is 1.